The highest BCUT2D eigenvalue weighted by molar-refractivity contribution is 7.99. The van der Waals surface area contributed by atoms with Crippen LogP contribution in [0.3, 0.4) is 0 Å². The SMILES string of the molecule is C=C(C)Cc1ccc(Sc2ccccc2)cc1. The molecule has 0 amide bonds. The quantitative estimate of drug-likeness (QED) is 0.681. The summed E-state index contributed by atoms with van der Waals surface area (Å²) < 4.78 is 0. The predicted molar refractivity (Wildman–Crippen MR) is 75.5 cm³/mol. The van der Waals surface area contributed by atoms with Crippen LogP contribution in [0.25, 0.3) is 0 Å². The van der Waals surface area contributed by atoms with Crippen molar-refractivity contribution in [2.24, 2.45) is 0 Å². The number of rotatable bonds is 4. The molecule has 1 heteroatoms. The third-order valence-electron chi connectivity index (χ3n) is 2.41. The Bertz CT molecular complexity index is 483. The second-order valence-corrected chi connectivity index (χ2v) is 5.34. The fourth-order valence-corrected chi connectivity index (χ4v) is 2.49. The third kappa shape index (κ3) is 3.79. The van der Waals surface area contributed by atoms with Crippen molar-refractivity contribution in [1.29, 1.82) is 0 Å². The number of hydrogen-bond donors (Lipinski definition) is 0. The van der Waals surface area contributed by atoms with Crippen molar-refractivity contribution in [3.63, 3.8) is 0 Å². The standard InChI is InChI=1S/C16H16S/c1-13(2)12-14-8-10-16(11-9-14)17-15-6-4-3-5-7-15/h3-11H,1,12H2,2H3. The van der Waals surface area contributed by atoms with Crippen LogP contribution in [0.4, 0.5) is 0 Å². The molecule has 0 aromatic heterocycles. The molecule has 2 aromatic carbocycles. The Labute approximate surface area is 107 Å². The van der Waals surface area contributed by atoms with Crippen LogP contribution in [0, 0.1) is 0 Å². The molecule has 17 heavy (non-hydrogen) atoms. The van der Waals surface area contributed by atoms with Crippen molar-refractivity contribution in [2.45, 2.75) is 23.1 Å². The molecule has 0 spiro atoms. The van der Waals surface area contributed by atoms with Crippen molar-refractivity contribution < 1.29 is 0 Å². The maximum absolute atomic E-state index is 3.94. The van der Waals surface area contributed by atoms with Gasteiger partial charge >= 0.3 is 0 Å². The smallest absolute Gasteiger partial charge is 0.0122 e. The molecule has 0 saturated carbocycles. The highest BCUT2D eigenvalue weighted by atomic mass is 32.2. The first-order chi connectivity index (χ1) is 8.24. The minimum Gasteiger partial charge on any atom is -0.0998 e. The molecule has 0 atom stereocenters. The van der Waals surface area contributed by atoms with Gasteiger partial charge in [0, 0.05) is 9.79 Å². The average Bonchev–Trinajstić information content (AvgIpc) is 2.32. The fraction of sp³-hybridized carbons (Fsp3) is 0.125. The molecule has 0 nitrogen and oxygen atoms in total. The minimum absolute atomic E-state index is 0.969. The van der Waals surface area contributed by atoms with Gasteiger partial charge in [0.05, 0.1) is 0 Å². The summed E-state index contributed by atoms with van der Waals surface area (Å²) in [6.07, 6.45) is 0.969. The van der Waals surface area contributed by atoms with Crippen LogP contribution in [0.5, 0.6) is 0 Å². The summed E-state index contributed by atoms with van der Waals surface area (Å²) in [6, 6.07) is 19.2. The van der Waals surface area contributed by atoms with Gasteiger partial charge in [0.2, 0.25) is 0 Å². The molecule has 0 bridgehead atoms. The number of allylic oxidation sites excluding steroid dienone is 1. The molecule has 0 heterocycles. The third-order valence-corrected chi connectivity index (χ3v) is 3.42. The van der Waals surface area contributed by atoms with E-state index in [0.29, 0.717) is 0 Å². The maximum atomic E-state index is 3.94. The Kier molecular flexibility index (Phi) is 4.05. The van der Waals surface area contributed by atoms with Gasteiger partial charge in [-0.25, -0.2) is 0 Å². The average molecular weight is 240 g/mol. The van der Waals surface area contributed by atoms with E-state index < -0.39 is 0 Å². The minimum atomic E-state index is 0.969. The normalized spacial score (nSPS) is 10.2. The first kappa shape index (κ1) is 12.0. The van der Waals surface area contributed by atoms with E-state index in [0.717, 1.165) is 6.42 Å². The van der Waals surface area contributed by atoms with E-state index in [1.165, 1.54) is 20.9 Å². The van der Waals surface area contributed by atoms with E-state index in [2.05, 4.69) is 62.0 Å². The van der Waals surface area contributed by atoms with Crippen molar-refractivity contribution in [3.05, 3.63) is 72.3 Å². The van der Waals surface area contributed by atoms with Gasteiger partial charge in [-0.2, -0.15) is 0 Å². The van der Waals surface area contributed by atoms with Crippen molar-refractivity contribution in [1.82, 2.24) is 0 Å². The summed E-state index contributed by atoms with van der Waals surface area (Å²) in [7, 11) is 0. The van der Waals surface area contributed by atoms with E-state index in [-0.39, 0.29) is 0 Å². The van der Waals surface area contributed by atoms with Crippen molar-refractivity contribution >= 4 is 11.8 Å². The summed E-state index contributed by atoms with van der Waals surface area (Å²) in [6.45, 7) is 6.00. The topological polar surface area (TPSA) is 0 Å². The molecule has 0 saturated heterocycles. The molecule has 0 unspecified atom stereocenters. The van der Waals surface area contributed by atoms with E-state index in [4.69, 9.17) is 0 Å². The van der Waals surface area contributed by atoms with Crippen molar-refractivity contribution in [3.8, 4) is 0 Å². The first-order valence-corrected chi connectivity index (χ1v) is 6.52. The number of hydrogen-bond acceptors (Lipinski definition) is 1. The summed E-state index contributed by atoms with van der Waals surface area (Å²) in [5.74, 6) is 0. The van der Waals surface area contributed by atoms with Crippen LogP contribution in [0.1, 0.15) is 12.5 Å². The molecule has 2 aromatic rings. The molecule has 0 aliphatic rings. The Morgan fingerprint density at radius 2 is 1.53 bits per heavy atom. The zero-order valence-corrected chi connectivity index (χ0v) is 10.8. The molecule has 0 aliphatic heterocycles. The van der Waals surface area contributed by atoms with Gasteiger partial charge in [-0.05, 0) is 43.2 Å². The summed E-state index contributed by atoms with van der Waals surface area (Å²) in [5.41, 5.74) is 2.53. The van der Waals surface area contributed by atoms with Gasteiger partial charge in [-0.15, -0.1) is 0 Å². The van der Waals surface area contributed by atoms with E-state index >= 15 is 0 Å². The second-order valence-electron chi connectivity index (χ2n) is 4.19. The maximum Gasteiger partial charge on any atom is 0.0122 e. The van der Waals surface area contributed by atoms with E-state index in [9.17, 15) is 0 Å². The van der Waals surface area contributed by atoms with Crippen LogP contribution in [-0.2, 0) is 6.42 Å². The molecular formula is C16H16S. The van der Waals surface area contributed by atoms with Crippen LogP contribution in [0.2, 0.25) is 0 Å². The highest BCUT2D eigenvalue weighted by Gasteiger charge is 1.97. The molecule has 0 radical (unpaired) electrons. The monoisotopic (exact) mass is 240 g/mol. The summed E-state index contributed by atoms with van der Waals surface area (Å²) in [4.78, 5) is 2.56. The summed E-state index contributed by atoms with van der Waals surface area (Å²) >= 11 is 1.79. The Morgan fingerprint density at radius 3 is 2.12 bits per heavy atom. The van der Waals surface area contributed by atoms with Crippen molar-refractivity contribution in [2.75, 3.05) is 0 Å². The van der Waals surface area contributed by atoms with Gasteiger partial charge < -0.3 is 0 Å². The van der Waals surface area contributed by atoms with Crippen LogP contribution in [-0.4, -0.2) is 0 Å². The predicted octanol–water partition coefficient (Wildman–Crippen LogP) is 4.96. The lowest BCUT2D eigenvalue weighted by Gasteiger charge is -2.04. The van der Waals surface area contributed by atoms with E-state index in [1.807, 2.05) is 6.07 Å². The molecule has 0 aliphatic carbocycles. The first-order valence-electron chi connectivity index (χ1n) is 5.70. The highest BCUT2D eigenvalue weighted by Crippen LogP contribution is 2.27. The van der Waals surface area contributed by atoms with Crippen LogP contribution in [0.15, 0.2) is 76.5 Å². The lowest BCUT2D eigenvalue weighted by atomic mass is 10.1. The van der Waals surface area contributed by atoms with Gasteiger partial charge in [-0.3, -0.25) is 0 Å². The lowest BCUT2D eigenvalue weighted by molar-refractivity contribution is 1.14. The number of benzene rings is 2. The van der Waals surface area contributed by atoms with Crippen LogP contribution >= 0.6 is 11.8 Å². The fourth-order valence-electron chi connectivity index (χ4n) is 1.65. The Morgan fingerprint density at radius 1 is 0.941 bits per heavy atom. The van der Waals surface area contributed by atoms with Gasteiger partial charge in [0.1, 0.15) is 0 Å². The van der Waals surface area contributed by atoms with Crippen LogP contribution < -0.4 is 0 Å². The molecule has 0 N–H and O–H groups in total. The Balaban J connectivity index is 2.06. The zero-order chi connectivity index (χ0) is 12.1. The molecule has 2 rings (SSSR count). The van der Waals surface area contributed by atoms with Gasteiger partial charge in [0.25, 0.3) is 0 Å². The molecule has 0 fully saturated rings. The lowest BCUT2D eigenvalue weighted by Crippen LogP contribution is -1.84. The summed E-state index contributed by atoms with van der Waals surface area (Å²) in [5, 5.41) is 0. The Hall–Kier alpha value is -1.47. The largest absolute Gasteiger partial charge is 0.0998 e. The zero-order valence-electron chi connectivity index (χ0n) is 10.0. The van der Waals surface area contributed by atoms with Gasteiger partial charge in [0.15, 0.2) is 0 Å². The van der Waals surface area contributed by atoms with Gasteiger partial charge in [-0.1, -0.05) is 54.2 Å². The molecular weight excluding hydrogens is 224 g/mol. The van der Waals surface area contributed by atoms with E-state index in [1.54, 1.807) is 11.8 Å². The molecule has 86 valence electrons. The second kappa shape index (κ2) is 5.74.